The summed E-state index contributed by atoms with van der Waals surface area (Å²) in [5.41, 5.74) is 4.06. The summed E-state index contributed by atoms with van der Waals surface area (Å²) in [6.07, 6.45) is 0. The Hall–Kier alpha value is -2.66. The number of carbonyl (C=O) groups is 2. The Kier molecular flexibility index (Phi) is 8.40. The van der Waals surface area contributed by atoms with Crippen LogP contribution in [0.2, 0.25) is 0 Å². The molecule has 1 atom stereocenters. The van der Waals surface area contributed by atoms with Crippen molar-refractivity contribution < 1.29 is 14.5 Å². The van der Waals surface area contributed by atoms with Crippen molar-refractivity contribution in [2.45, 2.75) is 59.2 Å². The maximum absolute atomic E-state index is 12.8. The lowest BCUT2D eigenvalue weighted by Gasteiger charge is -2.22. The second kappa shape index (κ2) is 10.6. The molecule has 2 rings (SSSR count). The van der Waals surface area contributed by atoms with E-state index in [0.717, 1.165) is 12.1 Å². The highest BCUT2D eigenvalue weighted by Gasteiger charge is 2.24. The zero-order valence-corrected chi connectivity index (χ0v) is 20.0. The van der Waals surface area contributed by atoms with Gasteiger partial charge in [-0.1, -0.05) is 71.0 Å². The van der Waals surface area contributed by atoms with Gasteiger partial charge in [0, 0.05) is 17.7 Å². The number of benzene rings is 2. The van der Waals surface area contributed by atoms with Gasteiger partial charge in [-0.05, 0) is 34.6 Å². The first kappa shape index (κ1) is 24.6. The molecule has 0 fully saturated rings. The van der Waals surface area contributed by atoms with E-state index < -0.39 is 6.04 Å². The van der Waals surface area contributed by atoms with Crippen molar-refractivity contribution >= 4 is 11.8 Å². The highest BCUT2D eigenvalue weighted by atomic mass is 16.2. The van der Waals surface area contributed by atoms with Crippen molar-refractivity contribution in [3.63, 3.8) is 0 Å². The molecule has 168 valence electrons. The zero-order chi connectivity index (χ0) is 23.2. The minimum absolute atomic E-state index is 0.0248. The van der Waals surface area contributed by atoms with E-state index in [-0.39, 0.29) is 23.1 Å². The van der Waals surface area contributed by atoms with Crippen molar-refractivity contribution in [2.24, 2.45) is 5.92 Å². The maximum Gasteiger partial charge on any atom is 0.251 e. The molecular weight excluding hydrogens is 386 g/mol. The molecule has 5 nitrogen and oxygen atoms in total. The molecule has 0 saturated heterocycles. The number of rotatable bonds is 8. The van der Waals surface area contributed by atoms with Gasteiger partial charge in [0.15, 0.2) is 0 Å². The van der Waals surface area contributed by atoms with E-state index in [1.807, 2.05) is 50.2 Å². The van der Waals surface area contributed by atoms with E-state index >= 15 is 0 Å². The normalized spacial score (nSPS) is 12.7. The van der Waals surface area contributed by atoms with E-state index in [2.05, 4.69) is 57.6 Å². The topological polar surface area (TPSA) is 62.6 Å². The fourth-order valence-electron chi connectivity index (χ4n) is 3.36. The summed E-state index contributed by atoms with van der Waals surface area (Å²) >= 11 is 0. The smallest absolute Gasteiger partial charge is 0.251 e. The summed E-state index contributed by atoms with van der Waals surface area (Å²) in [5, 5.41) is 5.87. The van der Waals surface area contributed by atoms with Gasteiger partial charge in [-0.3, -0.25) is 9.59 Å². The van der Waals surface area contributed by atoms with Crippen molar-refractivity contribution in [1.29, 1.82) is 0 Å². The van der Waals surface area contributed by atoms with Crippen molar-refractivity contribution in [1.82, 2.24) is 10.6 Å². The van der Waals surface area contributed by atoms with Crippen LogP contribution in [0.15, 0.2) is 48.5 Å². The summed E-state index contributed by atoms with van der Waals surface area (Å²) in [5.74, 6) is -0.426. The van der Waals surface area contributed by atoms with E-state index in [1.54, 1.807) is 0 Å². The fourth-order valence-corrected chi connectivity index (χ4v) is 3.36. The quantitative estimate of drug-likeness (QED) is 0.610. The van der Waals surface area contributed by atoms with Gasteiger partial charge < -0.3 is 15.5 Å². The zero-order valence-electron chi connectivity index (χ0n) is 20.0. The monoisotopic (exact) mass is 424 g/mol. The van der Waals surface area contributed by atoms with E-state index in [9.17, 15) is 9.59 Å². The number of amides is 2. The summed E-state index contributed by atoms with van der Waals surface area (Å²) < 4.78 is 0. The van der Waals surface area contributed by atoms with Crippen LogP contribution in [0, 0.1) is 5.92 Å². The summed E-state index contributed by atoms with van der Waals surface area (Å²) in [6, 6.07) is 15.3. The Labute approximate surface area is 187 Å². The third-order valence-corrected chi connectivity index (χ3v) is 5.30. The fraction of sp³-hybridized carbons (Fsp3) is 0.462. The van der Waals surface area contributed by atoms with Gasteiger partial charge in [0.1, 0.15) is 12.6 Å². The number of carbonyl (C=O) groups excluding carboxylic acids is 2. The first-order valence-electron chi connectivity index (χ1n) is 11.0. The van der Waals surface area contributed by atoms with Gasteiger partial charge in [-0.2, -0.15) is 0 Å². The Morgan fingerprint density at radius 2 is 1.45 bits per heavy atom. The first-order valence-corrected chi connectivity index (χ1v) is 11.0. The summed E-state index contributed by atoms with van der Waals surface area (Å²) in [6.45, 7) is 11.7. The van der Waals surface area contributed by atoms with Crippen LogP contribution in [0.25, 0.3) is 0 Å². The van der Waals surface area contributed by atoms with Gasteiger partial charge in [-0.15, -0.1) is 0 Å². The van der Waals surface area contributed by atoms with Gasteiger partial charge in [0.2, 0.25) is 5.91 Å². The Bertz CT molecular complexity index is 863. The largest absolute Gasteiger partial charge is 0.350 e. The number of hydrogen-bond acceptors (Lipinski definition) is 2. The SMILES string of the molecule is CC(C)[C@H](NC(=O)c1ccc(C(C)(C)C)cc1)C(=O)NCc1ccc(C[NH+](C)C)cc1. The average molecular weight is 425 g/mol. The van der Waals surface area contributed by atoms with Crippen LogP contribution in [-0.4, -0.2) is 32.0 Å². The molecular formula is C26H38N3O2+. The molecule has 2 aromatic rings. The van der Waals surface area contributed by atoms with Crippen LogP contribution in [0.3, 0.4) is 0 Å². The lowest BCUT2D eigenvalue weighted by molar-refractivity contribution is -0.872. The van der Waals surface area contributed by atoms with Crippen molar-refractivity contribution in [2.75, 3.05) is 14.1 Å². The van der Waals surface area contributed by atoms with E-state index in [1.165, 1.54) is 16.0 Å². The van der Waals surface area contributed by atoms with Gasteiger partial charge >= 0.3 is 0 Å². The number of nitrogens with one attached hydrogen (secondary N) is 3. The summed E-state index contributed by atoms with van der Waals surface area (Å²) in [7, 11) is 4.24. The molecule has 31 heavy (non-hydrogen) atoms. The Morgan fingerprint density at radius 1 is 0.903 bits per heavy atom. The molecule has 2 aromatic carbocycles. The lowest BCUT2D eigenvalue weighted by Crippen LogP contribution is -3.04. The molecule has 3 N–H and O–H groups in total. The summed E-state index contributed by atoms with van der Waals surface area (Å²) in [4.78, 5) is 26.9. The van der Waals surface area contributed by atoms with Gasteiger partial charge in [0.05, 0.1) is 14.1 Å². The van der Waals surface area contributed by atoms with Gasteiger partial charge in [0.25, 0.3) is 5.91 Å². The van der Waals surface area contributed by atoms with Crippen LogP contribution < -0.4 is 15.5 Å². The van der Waals surface area contributed by atoms with Crippen LogP contribution in [0.4, 0.5) is 0 Å². The van der Waals surface area contributed by atoms with Crippen molar-refractivity contribution in [3.8, 4) is 0 Å². The molecule has 0 spiro atoms. The second-order valence-electron chi connectivity index (χ2n) is 9.94. The van der Waals surface area contributed by atoms with E-state index in [4.69, 9.17) is 0 Å². The van der Waals surface area contributed by atoms with Gasteiger partial charge in [-0.25, -0.2) is 0 Å². The molecule has 5 heteroatoms. The maximum atomic E-state index is 12.8. The predicted molar refractivity (Wildman–Crippen MR) is 126 cm³/mol. The highest BCUT2D eigenvalue weighted by Crippen LogP contribution is 2.22. The molecule has 0 aromatic heterocycles. The average Bonchev–Trinajstić information content (AvgIpc) is 2.70. The molecule has 0 radical (unpaired) electrons. The van der Waals surface area contributed by atoms with Crippen LogP contribution >= 0.6 is 0 Å². The Balaban J connectivity index is 1.98. The number of quaternary nitrogens is 1. The third-order valence-electron chi connectivity index (χ3n) is 5.30. The highest BCUT2D eigenvalue weighted by molar-refractivity contribution is 5.97. The molecule has 0 unspecified atom stereocenters. The molecule has 0 aliphatic rings. The molecule has 0 heterocycles. The molecule has 2 amide bonds. The number of hydrogen-bond donors (Lipinski definition) is 3. The standard InChI is InChI=1S/C26H37N3O2/c1-18(2)23(28-24(30)21-12-14-22(15-13-21)26(3,4)5)25(31)27-16-19-8-10-20(11-9-19)17-29(6)7/h8-15,18,23H,16-17H2,1-7H3,(H,27,31)(H,28,30)/p+1/t23-/m0/s1. The van der Waals surface area contributed by atoms with Crippen LogP contribution in [-0.2, 0) is 23.3 Å². The first-order chi connectivity index (χ1) is 14.5. The third kappa shape index (κ3) is 7.51. The van der Waals surface area contributed by atoms with Crippen LogP contribution in [0.1, 0.15) is 61.7 Å². The minimum atomic E-state index is -0.591. The lowest BCUT2D eigenvalue weighted by atomic mass is 9.86. The predicted octanol–water partition coefficient (Wildman–Crippen LogP) is 2.70. The molecule has 0 saturated carbocycles. The minimum Gasteiger partial charge on any atom is -0.350 e. The van der Waals surface area contributed by atoms with Crippen LogP contribution in [0.5, 0.6) is 0 Å². The van der Waals surface area contributed by atoms with E-state index in [0.29, 0.717) is 12.1 Å². The molecule has 0 aliphatic carbocycles. The second-order valence-corrected chi connectivity index (χ2v) is 9.94. The molecule has 0 bridgehead atoms. The molecule has 0 aliphatic heterocycles. The van der Waals surface area contributed by atoms with Crippen molar-refractivity contribution in [3.05, 3.63) is 70.8 Å². The Morgan fingerprint density at radius 3 is 1.94 bits per heavy atom.